The SMILES string of the molecule is CC(CCC(C)CC(C)(C)C)CC(C)(C)C. The summed E-state index contributed by atoms with van der Waals surface area (Å²) in [5.74, 6) is 1.75. The molecule has 0 rings (SSSR count). The predicted molar refractivity (Wildman–Crippen MR) is 75.7 cm³/mol. The minimum atomic E-state index is 0.493. The van der Waals surface area contributed by atoms with Gasteiger partial charge in [0.15, 0.2) is 0 Å². The molecule has 0 aliphatic heterocycles. The van der Waals surface area contributed by atoms with E-state index >= 15 is 0 Å². The first-order valence-corrected chi connectivity index (χ1v) is 6.99. The summed E-state index contributed by atoms with van der Waals surface area (Å²) >= 11 is 0. The largest absolute Gasteiger partial charge is 0.0625 e. The Morgan fingerprint density at radius 1 is 0.625 bits per heavy atom. The van der Waals surface area contributed by atoms with Gasteiger partial charge in [-0.15, -0.1) is 0 Å². The van der Waals surface area contributed by atoms with Crippen LogP contribution in [0.2, 0.25) is 0 Å². The van der Waals surface area contributed by atoms with E-state index in [0.29, 0.717) is 10.8 Å². The van der Waals surface area contributed by atoms with Gasteiger partial charge in [-0.2, -0.15) is 0 Å². The van der Waals surface area contributed by atoms with Crippen LogP contribution in [0.15, 0.2) is 0 Å². The lowest BCUT2D eigenvalue weighted by Crippen LogP contribution is -2.14. The summed E-state index contributed by atoms with van der Waals surface area (Å²) in [4.78, 5) is 0. The number of hydrogen-bond donors (Lipinski definition) is 0. The molecule has 0 amide bonds. The summed E-state index contributed by atoms with van der Waals surface area (Å²) in [5.41, 5.74) is 0.985. The second kappa shape index (κ2) is 6.07. The first-order valence-electron chi connectivity index (χ1n) is 6.99. The molecule has 0 spiro atoms. The highest BCUT2D eigenvalue weighted by molar-refractivity contribution is 4.70. The lowest BCUT2D eigenvalue weighted by atomic mass is 9.80. The molecule has 0 heteroatoms. The molecule has 0 nitrogen and oxygen atoms in total. The molecule has 0 bridgehead atoms. The number of hydrogen-bond acceptors (Lipinski definition) is 0. The smallest absolute Gasteiger partial charge is 0.0380 e. The molecule has 16 heavy (non-hydrogen) atoms. The zero-order chi connectivity index (χ0) is 13.0. The van der Waals surface area contributed by atoms with E-state index in [1.54, 1.807) is 0 Å². The van der Waals surface area contributed by atoms with Crippen molar-refractivity contribution in [3.63, 3.8) is 0 Å². The second-order valence-electron chi connectivity index (χ2n) is 8.32. The van der Waals surface area contributed by atoms with E-state index in [2.05, 4.69) is 55.4 Å². The van der Waals surface area contributed by atoms with Crippen LogP contribution in [0.1, 0.15) is 81.1 Å². The van der Waals surface area contributed by atoms with Crippen molar-refractivity contribution in [3.8, 4) is 0 Å². The lowest BCUT2D eigenvalue weighted by Gasteiger charge is -2.26. The summed E-state index contributed by atoms with van der Waals surface area (Å²) in [5, 5.41) is 0. The average Bonchev–Trinajstić information content (AvgIpc) is 1.94. The highest BCUT2D eigenvalue weighted by atomic mass is 14.2. The van der Waals surface area contributed by atoms with E-state index in [-0.39, 0.29) is 0 Å². The average molecular weight is 226 g/mol. The van der Waals surface area contributed by atoms with Crippen LogP contribution in [-0.2, 0) is 0 Å². The van der Waals surface area contributed by atoms with Gasteiger partial charge in [0, 0.05) is 0 Å². The van der Waals surface area contributed by atoms with Crippen LogP contribution in [0.5, 0.6) is 0 Å². The van der Waals surface area contributed by atoms with Crippen molar-refractivity contribution < 1.29 is 0 Å². The molecule has 2 unspecified atom stereocenters. The summed E-state index contributed by atoms with van der Waals surface area (Å²) < 4.78 is 0. The van der Waals surface area contributed by atoms with Crippen LogP contribution in [-0.4, -0.2) is 0 Å². The molecule has 0 N–H and O–H groups in total. The highest BCUT2D eigenvalue weighted by Crippen LogP contribution is 2.31. The molecular weight excluding hydrogens is 192 g/mol. The predicted octanol–water partition coefficient (Wildman–Crippen LogP) is 5.91. The molecule has 0 saturated heterocycles. The third-order valence-electron chi connectivity index (χ3n) is 3.07. The molecule has 2 atom stereocenters. The Balaban J connectivity index is 3.80. The zero-order valence-electron chi connectivity index (χ0n) is 13.0. The summed E-state index contributed by atoms with van der Waals surface area (Å²) in [6.45, 7) is 18.9. The Labute approximate surface area is 104 Å². The quantitative estimate of drug-likeness (QED) is 0.546. The van der Waals surface area contributed by atoms with Gasteiger partial charge < -0.3 is 0 Å². The van der Waals surface area contributed by atoms with Crippen molar-refractivity contribution in [3.05, 3.63) is 0 Å². The molecule has 0 radical (unpaired) electrons. The molecule has 0 aliphatic rings. The molecule has 0 aromatic carbocycles. The van der Waals surface area contributed by atoms with Gasteiger partial charge in [-0.3, -0.25) is 0 Å². The van der Waals surface area contributed by atoms with Crippen LogP contribution in [0.3, 0.4) is 0 Å². The summed E-state index contributed by atoms with van der Waals surface area (Å²) in [6, 6.07) is 0. The van der Waals surface area contributed by atoms with Crippen LogP contribution in [0.4, 0.5) is 0 Å². The maximum atomic E-state index is 2.41. The van der Waals surface area contributed by atoms with Gasteiger partial charge in [0.2, 0.25) is 0 Å². The van der Waals surface area contributed by atoms with Gasteiger partial charge in [-0.05, 0) is 35.5 Å². The summed E-state index contributed by atoms with van der Waals surface area (Å²) in [6.07, 6.45) is 5.51. The maximum Gasteiger partial charge on any atom is -0.0380 e. The Hall–Kier alpha value is 0. The van der Waals surface area contributed by atoms with E-state index in [1.807, 2.05) is 0 Å². The monoisotopic (exact) mass is 226 g/mol. The Morgan fingerprint density at radius 3 is 1.06 bits per heavy atom. The molecule has 0 fully saturated rings. The van der Waals surface area contributed by atoms with Crippen molar-refractivity contribution in [2.75, 3.05) is 0 Å². The highest BCUT2D eigenvalue weighted by Gasteiger charge is 2.18. The van der Waals surface area contributed by atoms with Crippen molar-refractivity contribution in [2.45, 2.75) is 81.1 Å². The van der Waals surface area contributed by atoms with E-state index < -0.39 is 0 Å². The van der Waals surface area contributed by atoms with Crippen LogP contribution >= 0.6 is 0 Å². The first kappa shape index (κ1) is 16.0. The Bertz CT molecular complexity index is 155. The molecule has 0 saturated carbocycles. The normalized spacial score (nSPS) is 17.2. The standard InChI is InChI=1S/C16H34/c1-13(11-15(3,4)5)9-10-14(2)12-16(6,7)8/h13-14H,9-12H2,1-8H3. The number of rotatable bonds is 5. The van der Waals surface area contributed by atoms with E-state index in [1.165, 1.54) is 25.7 Å². The van der Waals surface area contributed by atoms with Crippen LogP contribution in [0, 0.1) is 22.7 Å². The van der Waals surface area contributed by atoms with Crippen molar-refractivity contribution in [1.82, 2.24) is 0 Å². The van der Waals surface area contributed by atoms with Crippen molar-refractivity contribution in [1.29, 1.82) is 0 Å². The van der Waals surface area contributed by atoms with Crippen molar-refractivity contribution in [2.24, 2.45) is 22.7 Å². The fourth-order valence-electron chi connectivity index (χ4n) is 2.86. The lowest BCUT2D eigenvalue weighted by molar-refractivity contribution is 0.254. The fraction of sp³-hybridized carbons (Fsp3) is 1.00. The summed E-state index contributed by atoms with van der Waals surface area (Å²) in [7, 11) is 0. The zero-order valence-corrected chi connectivity index (χ0v) is 13.0. The molecule has 98 valence electrons. The molecule has 0 aromatic heterocycles. The molecular formula is C16H34. The van der Waals surface area contributed by atoms with Gasteiger partial charge in [0.1, 0.15) is 0 Å². The molecule has 0 aliphatic carbocycles. The third-order valence-corrected chi connectivity index (χ3v) is 3.07. The third kappa shape index (κ3) is 10.5. The van der Waals surface area contributed by atoms with E-state index in [0.717, 1.165) is 11.8 Å². The molecule has 0 aromatic rings. The second-order valence-corrected chi connectivity index (χ2v) is 8.32. The van der Waals surface area contributed by atoms with E-state index in [4.69, 9.17) is 0 Å². The topological polar surface area (TPSA) is 0 Å². The van der Waals surface area contributed by atoms with E-state index in [9.17, 15) is 0 Å². The van der Waals surface area contributed by atoms with Crippen LogP contribution < -0.4 is 0 Å². The van der Waals surface area contributed by atoms with Gasteiger partial charge in [0.25, 0.3) is 0 Å². The fourth-order valence-corrected chi connectivity index (χ4v) is 2.86. The van der Waals surface area contributed by atoms with Crippen LogP contribution in [0.25, 0.3) is 0 Å². The Kier molecular flexibility index (Phi) is 6.07. The Morgan fingerprint density at radius 2 is 0.875 bits per heavy atom. The molecule has 0 heterocycles. The minimum Gasteiger partial charge on any atom is -0.0625 e. The van der Waals surface area contributed by atoms with Gasteiger partial charge in [-0.1, -0.05) is 68.2 Å². The maximum absolute atomic E-state index is 2.41. The van der Waals surface area contributed by atoms with Gasteiger partial charge in [0.05, 0.1) is 0 Å². The van der Waals surface area contributed by atoms with Gasteiger partial charge in [-0.25, -0.2) is 0 Å². The minimum absolute atomic E-state index is 0.493. The first-order chi connectivity index (χ1) is 6.99. The van der Waals surface area contributed by atoms with Gasteiger partial charge >= 0.3 is 0 Å². The van der Waals surface area contributed by atoms with Crippen molar-refractivity contribution >= 4 is 0 Å².